The summed E-state index contributed by atoms with van der Waals surface area (Å²) in [6, 6.07) is 5.35. The molecule has 1 fully saturated rings. The quantitative estimate of drug-likeness (QED) is 0.828. The van der Waals surface area contributed by atoms with Crippen LogP contribution >= 0.6 is 11.6 Å². The molecule has 0 aliphatic heterocycles. The smallest absolute Gasteiger partial charge is 0.251 e. The van der Waals surface area contributed by atoms with E-state index in [9.17, 15) is 4.79 Å². The number of aliphatic hydroxyl groups is 1. The Kier molecular flexibility index (Phi) is 3.17. The normalized spacial score (nSPS) is 23.7. The van der Waals surface area contributed by atoms with Gasteiger partial charge < -0.3 is 10.4 Å². The lowest BCUT2D eigenvalue weighted by molar-refractivity contribution is 0.0562. The fourth-order valence-electron chi connectivity index (χ4n) is 1.71. The van der Waals surface area contributed by atoms with Crippen LogP contribution in [0, 0.1) is 6.92 Å². The Morgan fingerprint density at radius 3 is 2.75 bits per heavy atom. The topological polar surface area (TPSA) is 49.3 Å². The number of carbonyl (C=O) groups excluding carboxylic acids is 1. The van der Waals surface area contributed by atoms with Crippen molar-refractivity contribution in [3.05, 3.63) is 34.3 Å². The van der Waals surface area contributed by atoms with Crippen LogP contribution in [-0.2, 0) is 0 Å². The molecule has 0 heterocycles. The van der Waals surface area contributed by atoms with Gasteiger partial charge in [0.1, 0.15) is 0 Å². The molecule has 4 heteroatoms. The summed E-state index contributed by atoms with van der Waals surface area (Å²) in [5.74, 6) is -0.126. The van der Waals surface area contributed by atoms with E-state index in [0.717, 1.165) is 5.56 Å². The van der Waals surface area contributed by atoms with Crippen LogP contribution in [0.15, 0.2) is 18.2 Å². The van der Waals surface area contributed by atoms with Gasteiger partial charge in [-0.15, -0.1) is 0 Å². The van der Waals surface area contributed by atoms with Crippen molar-refractivity contribution < 1.29 is 9.90 Å². The maximum atomic E-state index is 11.8. The zero-order valence-corrected chi connectivity index (χ0v) is 9.79. The molecule has 1 aliphatic carbocycles. The predicted octanol–water partition coefficient (Wildman–Crippen LogP) is 1.90. The monoisotopic (exact) mass is 239 g/mol. The van der Waals surface area contributed by atoms with Crippen molar-refractivity contribution in [1.29, 1.82) is 0 Å². The van der Waals surface area contributed by atoms with E-state index in [4.69, 9.17) is 16.7 Å². The first-order valence-corrected chi connectivity index (χ1v) is 5.69. The van der Waals surface area contributed by atoms with Crippen LogP contribution in [0.4, 0.5) is 0 Å². The minimum Gasteiger partial charge on any atom is -0.393 e. The van der Waals surface area contributed by atoms with Gasteiger partial charge in [-0.3, -0.25) is 4.79 Å². The Bertz CT molecular complexity index is 413. The van der Waals surface area contributed by atoms with Crippen LogP contribution in [0.5, 0.6) is 0 Å². The van der Waals surface area contributed by atoms with Gasteiger partial charge in [-0.2, -0.15) is 0 Å². The lowest BCUT2D eigenvalue weighted by Gasteiger charge is -2.31. The van der Waals surface area contributed by atoms with Crippen LogP contribution in [0.3, 0.4) is 0 Å². The van der Waals surface area contributed by atoms with E-state index < -0.39 is 0 Å². The van der Waals surface area contributed by atoms with Gasteiger partial charge in [-0.05, 0) is 37.5 Å². The maximum absolute atomic E-state index is 11.8. The predicted molar refractivity (Wildman–Crippen MR) is 62.7 cm³/mol. The zero-order chi connectivity index (χ0) is 11.7. The average Bonchev–Trinajstić information content (AvgIpc) is 2.19. The lowest BCUT2D eigenvalue weighted by Crippen LogP contribution is -2.46. The molecule has 0 radical (unpaired) electrons. The Hall–Kier alpha value is -1.06. The molecular weight excluding hydrogens is 226 g/mol. The molecule has 2 N–H and O–H groups in total. The van der Waals surface area contributed by atoms with Gasteiger partial charge in [0, 0.05) is 16.6 Å². The minimum atomic E-state index is -0.257. The molecule has 0 saturated heterocycles. The molecule has 1 aliphatic rings. The van der Waals surface area contributed by atoms with E-state index in [-0.39, 0.29) is 18.1 Å². The molecule has 16 heavy (non-hydrogen) atoms. The van der Waals surface area contributed by atoms with Gasteiger partial charge in [0.25, 0.3) is 5.91 Å². The maximum Gasteiger partial charge on any atom is 0.251 e. The molecule has 0 aromatic heterocycles. The first kappa shape index (κ1) is 11.4. The SMILES string of the molecule is Cc1ccc(C(=O)NC2CC(O)C2)cc1Cl. The molecule has 2 rings (SSSR count). The molecule has 1 aromatic rings. The molecule has 1 aromatic carbocycles. The van der Waals surface area contributed by atoms with Crippen molar-refractivity contribution >= 4 is 17.5 Å². The van der Waals surface area contributed by atoms with E-state index in [2.05, 4.69) is 5.32 Å². The van der Waals surface area contributed by atoms with Gasteiger partial charge in [0.2, 0.25) is 0 Å². The summed E-state index contributed by atoms with van der Waals surface area (Å²) in [6.07, 6.45) is 1.03. The molecule has 86 valence electrons. The number of aliphatic hydroxyl groups excluding tert-OH is 1. The Morgan fingerprint density at radius 1 is 1.50 bits per heavy atom. The number of hydrogen-bond donors (Lipinski definition) is 2. The van der Waals surface area contributed by atoms with Gasteiger partial charge in [0.05, 0.1) is 6.10 Å². The summed E-state index contributed by atoms with van der Waals surface area (Å²) in [7, 11) is 0. The number of hydrogen-bond acceptors (Lipinski definition) is 2. The Balaban J connectivity index is 2.01. The lowest BCUT2D eigenvalue weighted by atomic mass is 9.89. The van der Waals surface area contributed by atoms with Crippen molar-refractivity contribution in [1.82, 2.24) is 5.32 Å². The largest absolute Gasteiger partial charge is 0.393 e. The van der Waals surface area contributed by atoms with Crippen LogP contribution in [0.2, 0.25) is 5.02 Å². The molecule has 0 spiro atoms. The highest BCUT2D eigenvalue weighted by Crippen LogP contribution is 2.21. The molecular formula is C12H14ClNO2. The van der Waals surface area contributed by atoms with Crippen LogP contribution in [-0.4, -0.2) is 23.2 Å². The number of nitrogens with one attached hydrogen (secondary N) is 1. The second kappa shape index (κ2) is 4.44. The van der Waals surface area contributed by atoms with Crippen molar-refractivity contribution in [2.24, 2.45) is 0 Å². The van der Waals surface area contributed by atoms with E-state index in [1.165, 1.54) is 0 Å². The third-order valence-electron chi connectivity index (χ3n) is 2.88. The fourth-order valence-corrected chi connectivity index (χ4v) is 1.89. The van der Waals surface area contributed by atoms with Crippen molar-refractivity contribution in [3.8, 4) is 0 Å². The van der Waals surface area contributed by atoms with Crippen LogP contribution in [0.1, 0.15) is 28.8 Å². The number of amides is 1. The summed E-state index contributed by atoms with van der Waals surface area (Å²) in [6.45, 7) is 1.90. The molecule has 1 saturated carbocycles. The van der Waals surface area contributed by atoms with E-state index in [0.29, 0.717) is 23.4 Å². The summed E-state index contributed by atoms with van der Waals surface area (Å²) < 4.78 is 0. The fraction of sp³-hybridized carbons (Fsp3) is 0.417. The van der Waals surface area contributed by atoms with Gasteiger partial charge in [-0.25, -0.2) is 0 Å². The van der Waals surface area contributed by atoms with Crippen LogP contribution in [0.25, 0.3) is 0 Å². The number of carbonyl (C=O) groups is 1. The van der Waals surface area contributed by atoms with E-state index in [1.807, 2.05) is 13.0 Å². The number of aryl methyl sites for hydroxylation is 1. The van der Waals surface area contributed by atoms with Gasteiger partial charge >= 0.3 is 0 Å². The number of halogens is 1. The molecule has 0 unspecified atom stereocenters. The molecule has 0 atom stereocenters. The third kappa shape index (κ3) is 2.36. The Morgan fingerprint density at radius 2 is 2.19 bits per heavy atom. The highest BCUT2D eigenvalue weighted by atomic mass is 35.5. The van der Waals surface area contributed by atoms with Crippen molar-refractivity contribution in [2.45, 2.75) is 31.9 Å². The zero-order valence-electron chi connectivity index (χ0n) is 9.03. The van der Waals surface area contributed by atoms with Crippen molar-refractivity contribution in [2.75, 3.05) is 0 Å². The summed E-state index contributed by atoms with van der Waals surface area (Å²) >= 11 is 5.95. The second-order valence-corrected chi connectivity index (χ2v) is 4.67. The van der Waals surface area contributed by atoms with E-state index in [1.54, 1.807) is 12.1 Å². The Labute approximate surface area is 99.4 Å². The number of rotatable bonds is 2. The summed E-state index contributed by atoms with van der Waals surface area (Å²) in [4.78, 5) is 11.8. The summed E-state index contributed by atoms with van der Waals surface area (Å²) in [5.41, 5.74) is 1.52. The van der Waals surface area contributed by atoms with Crippen molar-refractivity contribution in [3.63, 3.8) is 0 Å². The standard InChI is InChI=1S/C12H14ClNO2/c1-7-2-3-8(4-11(7)13)12(16)14-9-5-10(15)6-9/h2-4,9-10,15H,5-6H2,1H3,(H,14,16). The first-order chi connectivity index (χ1) is 7.56. The molecule has 1 amide bonds. The average molecular weight is 240 g/mol. The second-order valence-electron chi connectivity index (χ2n) is 4.26. The van der Waals surface area contributed by atoms with Gasteiger partial charge in [0.15, 0.2) is 0 Å². The van der Waals surface area contributed by atoms with Gasteiger partial charge in [-0.1, -0.05) is 17.7 Å². The molecule has 3 nitrogen and oxygen atoms in total. The van der Waals surface area contributed by atoms with Crippen LogP contribution < -0.4 is 5.32 Å². The van der Waals surface area contributed by atoms with E-state index >= 15 is 0 Å². The highest BCUT2D eigenvalue weighted by Gasteiger charge is 2.28. The summed E-state index contributed by atoms with van der Waals surface area (Å²) in [5, 5.41) is 12.6. The highest BCUT2D eigenvalue weighted by molar-refractivity contribution is 6.31. The molecule has 0 bridgehead atoms. The minimum absolute atomic E-state index is 0.0996. The third-order valence-corrected chi connectivity index (χ3v) is 3.29. The number of benzene rings is 1. The first-order valence-electron chi connectivity index (χ1n) is 5.31.